The minimum Gasteiger partial charge on any atom is -0.247 e. The Morgan fingerprint density at radius 3 is 2.33 bits per heavy atom. The van der Waals surface area contributed by atoms with Gasteiger partial charge in [-0.15, -0.1) is 0 Å². The number of halogens is 1. The van der Waals surface area contributed by atoms with Crippen LogP contribution in [-0.2, 0) is 0 Å². The van der Waals surface area contributed by atoms with Gasteiger partial charge in [-0.05, 0) is 12.3 Å². The van der Waals surface area contributed by atoms with E-state index in [0.717, 1.165) is 12.8 Å². The van der Waals surface area contributed by atoms with E-state index in [0.29, 0.717) is 5.92 Å². The molecule has 0 aliphatic heterocycles. The van der Waals surface area contributed by atoms with Gasteiger partial charge in [0.2, 0.25) is 0 Å². The van der Waals surface area contributed by atoms with Gasteiger partial charge in [-0.2, -0.15) is 0 Å². The lowest BCUT2D eigenvalue weighted by Gasteiger charge is -1.76. The maximum absolute atomic E-state index is 11.8. The van der Waals surface area contributed by atoms with Crippen LogP contribution in [0, 0.1) is 5.92 Å². The average molecular weight is 88.1 g/mol. The van der Waals surface area contributed by atoms with Crippen molar-refractivity contribution in [1.29, 1.82) is 0 Å². The van der Waals surface area contributed by atoms with Crippen molar-refractivity contribution in [3.8, 4) is 0 Å². The van der Waals surface area contributed by atoms with Crippen molar-refractivity contribution in [2.24, 2.45) is 5.92 Å². The molecular formula is C5H9F. The number of rotatable bonds is 1. The summed E-state index contributed by atoms with van der Waals surface area (Å²) in [6.07, 6.45) is 1.42. The van der Waals surface area contributed by atoms with Crippen LogP contribution in [0.2, 0.25) is 0 Å². The molecule has 0 amide bonds. The highest BCUT2D eigenvalue weighted by atomic mass is 19.1. The van der Waals surface area contributed by atoms with E-state index in [1.165, 1.54) is 0 Å². The standard InChI is InChI=1S/C5H9F/c1-2-4-3-5(4)6/h4-5H,2-3H2,1H3/t4-,5?/m1/s1. The summed E-state index contributed by atoms with van der Waals surface area (Å²) in [6, 6.07) is 0. The Hall–Kier alpha value is -0.0700. The van der Waals surface area contributed by atoms with E-state index in [4.69, 9.17) is 0 Å². The first-order chi connectivity index (χ1) is 2.84. The molecule has 1 aliphatic carbocycles. The lowest BCUT2D eigenvalue weighted by Crippen LogP contribution is -1.72. The average Bonchev–Trinajstić information content (AvgIpc) is 2.19. The van der Waals surface area contributed by atoms with Crippen molar-refractivity contribution in [2.45, 2.75) is 25.9 Å². The van der Waals surface area contributed by atoms with Gasteiger partial charge >= 0.3 is 0 Å². The summed E-state index contributed by atoms with van der Waals surface area (Å²) in [5, 5.41) is 0. The van der Waals surface area contributed by atoms with Crippen molar-refractivity contribution in [3.63, 3.8) is 0 Å². The third-order valence-electron chi connectivity index (χ3n) is 1.36. The van der Waals surface area contributed by atoms with Gasteiger partial charge in [0.25, 0.3) is 0 Å². The van der Waals surface area contributed by atoms with Gasteiger partial charge in [0.05, 0.1) is 0 Å². The van der Waals surface area contributed by atoms with Crippen LogP contribution in [0.1, 0.15) is 19.8 Å². The summed E-state index contributed by atoms with van der Waals surface area (Å²) in [5.74, 6) is 0.435. The first-order valence-electron chi connectivity index (χ1n) is 2.48. The quantitative estimate of drug-likeness (QED) is 0.458. The molecule has 0 aromatic carbocycles. The first-order valence-corrected chi connectivity index (χ1v) is 2.48. The van der Waals surface area contributed by atoms with Gasteiger partial charge in [-0.25, -0.2) is 4.39 Å². The molecule has 1 rings (SSSR count). The van der Waals surface area contributed by atoms with Crippen molar-refractivity contribution in [1.82, 2.24) is 0 Å². The van der Waals surface area contributed by atoms with Crippen LogP contribution in [0.5, 0.6) is 0 Å². The molecular weight excluding hydrogens is 79.1 g/mol. The Morgan fingerprint density at radius 2 is 2.33 bits per heavy atom. The molecule has 0 heterocycles. The summed E-state index contributed by atoms with van der Waals surface area (Å²) >= 11 is 0. The second-order valence-electron chi connectivity index (χ2n) is 1.92. The summed E-state index contributed by atoms with van der Waals surface area (Å²) in [6.45, 7) is 2.03. The maximum atomic E-state index is 11.8. The highest BCUT2D eigenvalue weighted by molar-refractivity contribution is 4.84. The molecule has 0 bridgehead atoms. The van der Waals surface area contributed by atoms with E-state index in [9.17, 15) is 4.39 Å². The minimum atomic E-state index is -0.435. The van der Waals surface area contributed by atoms with Crippen LogP contribution in [0.15, 0.2) is 0 Å². The fourth-order valence-electron chi connectivity index (χ4n) is 0.633. The van der Waals surface area contributed by atoms with E-state index in [1.54, 1.807) is 0 Å². The monoisotopic (exact) mass is 88.1 g/mol. The third-order valence-corrected chi connectivity index (χ3v) is 1.36. The van der Waals surface area contributed by atoms with Crippen molar-refractivity contribution in [3.05, 3.63) is 0 Å². The molecule has 1 saturated carbocycles. The molecule has 1 unspecified atom stereocenters. The molecule has 0 aromatic rings. The topological polar surface area (TPSA) is 0 Å². The predicted octanol–water partition coefficient (Wildman–Crippen LogP) is 1.75. The van der Waals surface area contributed by atoms with Crippen LogP contribution in [0.25, 0.3) is 0 Å². The lowest BCUT2D eigenvalue weighted by atomic mass is 10.3. The van der Waals surface area contributed by atoms with Gasteiger partial charge in [-0.3, -0.25) is 0 Å². The summed E-state index contributed by atoms with van der Waals surface area (Å²) in [7, 11) is 0. The fraction of sp³-hybridized carbons (Fsp3) is 1.00. The molecule has 36 valence electrons. The second-order valence-corrected chi connectivity index (χ2v) is 1.92. The van der Waals surface area contributed by atoms with Gasteiger partial charge < -0.3 is 0 Å². The fourth-order valence-corrected chi connectivity index (χ4v) is 0.633. The molecule has 0 radical (unpaired) electrons. The summed E-state index contributed by atoms with van der Waals surface area (Å²) in [5.41, 5.74) is 0. The summed E-state index contributed by atoms with van der Waals surface area (Å²) < 4.78 is 11.8. The van der Waals surface area contributed by atoms with Crippen LogP contribution < -0.4 is 0 Å². The number of hydrogen-bond donors (Lipinski definition) is 0. The Balaban J connectivity index is 2.09. The van der Waals surface area contributed by atoms with Crippen LogP contribution in [0.3, 0.4) is 0 Å². The first kappa shape index (κ1) is 4.10. The van der Waals surface area contributed by atoms with Gasteiger partial charge in [-0.1, -0.05) is 13.3 Å². The van der Waals surface area contributed by atoms with Gasteiger partial charge in [0, 0.05) is 0 Å². The van der Waals surface area contributed by atoms with E-state index in [-0.39, 0.29) is 0 Å². The zero-order chi connectivity index (χ0) is 4.57. The van der Waals surface area contributed by atoms with Crippen LogP contribution in [-0.4, -0.2) is 6.17 Å². The molecule has 0 N–H and O–H groups in total. The second kappa shape index (κ2) is 1.21. The van der Waals surface area contributed by atoms with Crippen LogP contribution in [0.4, 0.5) is 4.39 Å². The van der Waals surface area contributed by atoms with Crippen molar-refractivity contribution >= 4 is 0 Å². The van der Waals surface area contributed by atoms with Gasteiger partial charge in [0.15, 0.2) is 0 Å². The third kappa shape index (κ3) is 0.537. The lowest BCUT2D eigenvalue weighted by molar-refractivity contribution is 0.442. The SMILES string of the molecule is CC[C@@H]1CC1F. The smallest absolute Gasteiger partial charge is 0.103 e. The Labute approximate surface area is 37.4 Å². The maximum Gasteiger partial charge on any atom is 0.103 e. The molecule has 0 spiro atoms. The molecule has 6 heavy (non-hydrogen) atoms. The van der Waals surface area contributed by atoms with E-state index in [2.05, 4.69) is 0 Å². The van der Waals surface area contributed by atoms with Crippen molar-refractivity contribution in [2.75, 3.05) is 0 Å². The predicted molar refractivity (Wildman–Crippen MR) is 23.3 cm³/mol. The molecule has 2 atom stereocenters. The number of hydrogen-bond acceptors (Lipinski definition) is 0. The number of alkyl halides is 1. The zero-order valence-electron chi connectivity index (χ0n) is 3.95. The highest BCUT2D eigenvalue weighted by Crippen LogP contribution is 2.35. The Kier molecular flexibility index (Phi) is 0.827. The largest absolute Gasteiger partial charge is 0.247 e. The van der Waals surface area contributed by atoms with Crippen LogP contribution >= 0.6 is 0 Å². The summed E-state index contributed by atoms with van der Waals surface area (Å²) in [4.78, 5) is 0. The molecule has 1 fully saturated rings. The Morgan fingerprint density at radius 1 is 1.83 bits per heavy atom. The molecule has 0 saturated heterocycles. The molecule has 1 aliphatic rings. The minimum absolute atomic E-state index is 0.435. The van der Waals surface area contributed by atoms with E-state index >= 15 is 0 Å². The van der Waals surface area contributed by atoms with Gasteiger partial charge in [0.1, 0.15) is 6.17 Å². The normalized spacial score (nSPS) is 43.0. The highest BCUT2D eigenvalue weighted by Gasteiger charge is 2.34. The molecule has 0 aromatic heterocycles. The van der Waals surface area contributed by atoms with E-state index < -0.39 is 6.17 Å². The van der Waals surface area contributed by atoms with Crippen molar-refractivity contribution < 1.29 is 4.39 Å². The zero-order valence-corrected chi connectivity index (χ0v) is 3.95. The van der Waals surface area contributed by atoms with E-state index in [1.807, 2.05) is 6.92 Å². The Bertz CT molecular complexity index is 49.9. The molecule has 1 heteroatoms. The molecule has 0 nitrogen and oxygen atoms in total.